The van der Waals surface area contributed by atoms with Crippen LogP contribution in [-0.4, -0.2) is 21.1 Å². The summed E-state index contributed by atoms with van der Waals surface area (Å²) >= 11 is 0. The van der Waals surface area contributed by atoms with E-state index in [9.17, 15) is 14.4 Å². The maximum absolute atomic E-state index is 12.9. The average Bonchev–Trinajstić information content (AvgIpc) is 2.96. The summed E-state index contributed by atoms with van der Waals surface area (Å²) in [7, 11) is 1.77. The first kappa shape index (κ1) is 22.3. The third kappa shape index (κ3) is 5.20. The monoisotopic (exact) mass is 419 g/mol. The van der Waals surface area contributed by atoms with Crippen LogP contribution in [0.4, 0.5) is 5.69 Å². The summed E-state index contributed by atoms with van der Waals surface area (Å²) < 4.78 is 3.21. The number of nitrogens with one attached hydrogen (secondary N) is 1. The van der Waals surface area contributed by atoms with Crippen LogP contribution in [0.3, 0.4) is 0 Å². The number of Topliss-reactive ketones (excluding diaryl/α,β-unsaturated/α-hetero) is 1. The molecule has 162 valence electrons. The van der Waals surface area contributed by atoms with Crippen LogP contribution in [-0.2, 0) is 18.3 Å². The molecule has 6 heteroatoms. The van der Waals surface area contributed by atoms with Gasteiger partial charge in [0.05, 0.1) is 11.4 Å². The highest BCUT2D eigenvalue weighted by Crippen LogP contribution is 2.15. The fraction of sp³-hybridized carbons (Fsp3) is 0.320. The number of para-hydroxylation sites is 1. The lowest BCUT2D eigenvalue weighted by Gasteiger charge is -2.07. The Hall–Kier alpha value is -3.41. The van der Waals surface area contributed by atoms with E-state index in [-0.39, 0.29) is 35.8 Å². The van der Waals surface area contributed by atoms with Gasteiger partial charge in [-0.3, -0.25) is 19.1 Å². The van der Waals surface area contributed by atoms with Crippen molar-refractivity contribution < 1.29 is 9.59 Å². The van der Waals surface area contributed by atoms with E-state index < -0.39 is 0 Å². The first-order chi connectivity index (χ1) is 14.8. The molecule has 1 heterocycles. The molecule has 0 unspecified atom stereocenters. The highest BCUT2D eigenvalue weighted by molar-refractivity contribution is 6.00. The average molecular weight is 420 g/mol. The Morgan fingerprint density at radius 1 is 0.968 bits per heavy atom. The standard InChI is InChI=1S/C25H29N3O3/c1-17(2)16-19-10-12-20(13-11-19)22(29)14-15-23(30)26-24-18(3)27(4)28(25(24)31)21-8-6-5-7-9-21/h5-13,17H,14-16H2,1-4H3,(H,26,30). The molecule has 1 aromatic heterocycles. The Bertz CT molecular complexity index is 1120. The quantitative estimate of drug-likeness (QED) is 0.554. The van der Waals surface area contributed by atoms with Gasteiger partial charge in [0.25, 0.3) is 5.56 Å². The third-order valence-corrected chi connectivity index (χ3v) is 5.32. The molecule has 0 aliphatic rings. The number of anilines is 1. The van der Waals surface area contributed by atoms with Crippen LogP contribution in [0.1, 0.15) is 48.3 Å². The van der Waals surface area contributed by atoms with Crippen molar-refractivity contribution in [3.63, 3.8) is 0 Å². The largest absolute Gasteiger partial charge is 0.320 e. The molecule has 0 radical (unpaired) electrons. The van der Waals surface area contributed by atoms with Crippen LogP contribution in [0.2, 0.25) is 0 Å². The van der Waals surface area contributed by atoms with Crippen molar-refractivity contribution in [3.8, 4) is 5.69 Å². The van der Waals surface area contributed by atoms with E-state index in [1.54, 1.807) is 18.7 Å². The lowest BCUT2D eigenvalue weighted by molar-refractivity contribution is -0.116. The van der Waals surface area contributed by atoms with Gasteiger partial charge in [-0.2, -0.15) is 0 Å². The summed E-state index contributed by atoms with van der Waals surface area (Å²) in [5, 5.41) is 2.70. The number of amides is 1. The van der Waals surface area contributed by atoms with E-state index in [2.05, 4.69) is 19.2 Å². The summed E-state index contributed by atoms with van der Waals surface area (Å²) in [6, 6.07) is 16.8. The summed E-state index contributed by atoms with van der Waals surface area (Å²) in [5.41, 5.74) is 3.10. The fourth-order valence-electron chi connectivity index (χ4n) is 3.58. The second-order valence-corrected chi connectivity index (χ2v) is 8.20. The summed E-state index contributed by atoms with van der Waals surface area (Å²) in [4.78, 5) is 37.8. The van der Waals surface area contributed by atoms with Crippen molar-refractivity contribution in [3.05, 3.63) is 81.8 Å². The van der Waals surface area contributed by atoms with Crippen LogP contribution < -0.4 is 10.9 Å². The molecule has 0 spiro atoms. The highest BCUT2D eigenvalue weighted by atomic mass is 16.2. The minimum absolute atomic E-state index is 0.0195. The number of hydrogen-bond acceptors (Lipinski definition) is 3. The number of rotatable bonds is 8. The van der Waals surface area contributed by atoms with Crippen LogP contribution in [0.5, 0.6) is 0 Å². The maximum atomic E-state index is 12.9. The summed E-state index contributed by atoms with van der Waals surface area (Å²) in [6.45, 7) is 6.09. The number of aromatic nitrogens is 2. The van der Waals surface area contributed by atoms with Gasteiger partial charge in [0.15, 0.2) is 5.78 Å². The van der Waals surface area contributed by atoms with Gasteiger partial charge in [0.2, 0.25) is 5.91 Å². The van der Waals surface area contributed by atoms with E-state index in [1.807, 2.05) is 54.6 Å². The molecule has 3 aromatic rings. The van der Waals surface area contributed by atoms with Gasteiger partial charge in [0, 0.05) is 25.5 Å². The van der Waals surface area contributed by atoms with Gasteiger partial charge in [-0.25, -0.2) is 4.68 Å². The summed E-state index contributed by atoms with van der Waals surface area (Å²) in [5.74, 6) is 0.117. The predicted octanol–water partition coefficient (Wildman–Crippen LogP) is 4.28. The van der Waals surface area contributed by atoms with Gasteiger partial charge in [0.1, 0.15) is 5.69 Å². The second-order valence-electron chi connectivity index (χ2n) is 8.20. The van der Waals surface area contributed by atoms with Crippen molar-refractivity contribution in [2.45, 2.75) is 40.0 Å². The van der Waals surface area contributed by atoms with Gasteiger partial charge < -0.3 is 5.32 Å². The minimum Gasteiger partial charge on any atom is -0.320 e. The Balaban J connectivity index is 1.65. The van der Waals surface area contributed by atoms with Gasteiger partial charge in [-0.15, -0.1) is 0 Å². The topological polar surface area (TPSA) is 73.1 Å². The molecule has 0 fully saturated rings. The molecular weight excluding hydrogens is 390 g/mol. The molecule has 3 rings (SSSR count). The van der Waals surface area contributed by atoms with E-state index in [4.69, 9.17) is 0 Å². The zero-order valence-electron chi connectivity index (χ0n) is 18.5. The Morgan fingerprint density at radius 3 is 2.23 bits per heavy atom. The normalized spacial score (nSPS) is 11.0. The maximum Gasteiger partial charge on any atom is 0.295 e. The van der Waals surface area contributed by atoms with Gasteiger partial charge in [-0.05, 0) is 37.0 Å². The van der Waals surface area contributed by atoms with Crippen molar-refractivity contribution in [2.24, 2.45) is 13.0 Å². The first-order valence-electron chi connectivity index (χ1n) is 10.5. The van der Waals surface area contributed by atoms with Crippen LogP contribution >= 0.6 is 0 Å². The third-order valence-electron chi connectivity index (χ3n) is 5.32. The van der Waals surface area contributed by atoms with Crippen molar-refractivity contribution in [2.75, 3.05) is 5.32 Å². The van der Waals surface area contributed by atoms with Crippen molar-refractivity contribution in [1.29, 1.82) is 0 Å². The number of carbonyl (C=O) groups is 2. The van der Waals surface area contributed by atoms with Crippen LogP contribution in [0.15, 0.2) is 59.4 Å². The van der Waals surface area contributed by atoms with E-state index >= 15 is 0 Å². The lowest BCUT2D eigenvalue weighted by atomic mass is 9.99. The molecule has 31 heavy (non-hydrogen) atoms. The predicted molar refractivity (Wildman–Crippen MR) is 123 cm³/mol. The Kier molecular flexibility index (Phi) is 6.90. The fourth-order valence-corrected chi connectivity index (χ4v) is 3.58. The SMILES string of the molecule is Cc1c(NC(=O)CCC(=O)c2ccc(CC(C)C)cc2)c(=O)n(-c2ccccc2)n1C. The molecular formula is C25H29N3O3. The molecule has 0 saturated heterocycles. The highest BCUT2D eigenvalue weighted by Gasteiger charge is 2.18. The molecule has 0 saturated carbocycles. The van der Waals surface area contributed by atoms with Gasteiger partial charge in [-0.1, -0.05) is 56.3 Å². The first-order valence-corrected chi connectivity index (χ1v) is 10.5. The number of ketones is 1. The second kappa shape index (κ2) is 9.60. The molecule has 0 aliphatic carbocycles. The minimum atomic E-state index is -0.351. The van der Waals surface area contributed by atoms with E-state index in [0.717, 1.165) is 12.1 Å². The van der Waals surface area contributed by atoms with E-state index in [0.29, 0.717) is 17.2 Å². The molecule has 6 nitrogen and oxygen atoms in total. The molecule has 0 bridgehead atoms. The molecule has 0 aliphatic heterocycles. The molecule has 1 N–H and O–H groups in total. The number of benzene rings is 2. The lowest BCUT2D eigenvalue weighted by Crippen LogP contribution is -2.23. The zero-order chi connectivity index (χ0) is 22.5. The number of hydrogen-bond donors (Lipinski definition) is 1. The molecule has 2 aromatic carbocycles. The van der Waals surface area contributed by atoms with Crippen LogP contribution in [0.25, 0.3) is 5.69 Å². The molecule has 1 amide bonds. The number of nitrogens with zero attached hydrogens (tertiary/aromatic N) is 2. The van der Waals surface area contributed by atoms with Crippen molar-refractivity contribution >= 4 is 17.4 Å². The number of carbonyl (C=O) groups excluding carboxylic acids is 2. The van der Waals surface area contributed by atoms with E-state index in [1.165, 1.54) is 10.2 Å². The zero-order valence-corrected chi connectivity index (χ0v) is 18.5. The smallest absolute Gasteiger partial charge is 0.295 e. The Morgan fingerprint density at radius 2 is 1.61 bits per heavy atom. The van der Waals surface area contributed by atoms with Crippen molar-refractivity contribution in [1.82, 2.24) is 9.36 Å². The molecule has 0 atom stereocenters. The van der Waals surface area contributed by atoms with Crippen LogP contribution in [0, 0.1) is 12.8 Å². The Labute approximate surface area is 182 Å². The van der Waals surface area contributed by atoms with Gasteiger partial charge >= 0.3 is 0 Å². The summed E-state index contributed by atoms with van der Waals surface area (Å²) in [6.07, 6.45) is 1.08.